The number of nitrogens with zero attached hydrogens (tertiary/aromatic N) is 1. The standard InChI is InChI=1S/C21H19BrF3N3O3/c1-2-31-19(29)17-16(11-22)28(15-5-3-4-13(10-15)21(23,24)25)20(30)27-18(17)12-6-8-14(26)9-7-12/h3-10,18H,2,11,26H2,1H3,(H,27,30)/t18-/m1/s1. The van der Waals surface area contributed by atoms with E-state index in [0.29, 0.717) is 11.3 Å². The van der Waals surface area contributed by atoms with Gasteiger partial charge in [-0.15, -0.1) is 0 Å². The minimum atomic E-state index is -4.59. The molecule has 3 rings (SSSR count). The van der Waals surface area contributed by atoms with E-state index in [2.05, 4.69) is 21.2 Å². The van der Waals surface area contributed by atoms with Gasteiger partial charge in [0.2, 0.25) is 0 Å². The zero-order valence-electron chi connectivity index (χ0n) is 16.4. The fourth-order valence-electron chi connectivity index (χ4n) is 3.28. The zero-order chi connectivity index (χ0) is 22.8. The molecule has 0 spiro atoms. The van der Waals surface area contributed by atoms with Crippen LogP contribution in [0.3, 0.4) is 0 Å². The molecular formula is C21H19BrF3N3O3. The summed E-state index contributed by atoms with van der Waals surface area (Å²) < 4.78 is 44.8. The second kappa shape index (κ2) is 9.01. The maximum Gasteiger partial charge on any atom is 0.416 e. The molecule has 2 aromatic rings. The number of hydrogen-bond acceptors (Lipinski definition) is 4. The van der Waals surface area contributed by atoms with Crippen molar-refractivity contribution >= 4 is 39.3 Å². The first-order valence-corrected chi connectivity index (χ1v) is 10.4. The third-order valence-corrected chi connectivity index (χ3v) is 5.19. The Morgan fingerprint density at radius 3 is 2.48 bits per heavy atom. The van der Waals surface area contributed by atoms with Crippen molar-refractivity contribution in [2.75, 3.05) is 22.6 Å². The molecule has 2 aromatic carbocycles. The number of carbonyl (C=O) groups is 2. The number of alkyl halides is 4. The van der Waals surface area contributed by atoms with Gasteiger partial charge in [-0.05, 0) is 42.8 Å². The number of anilines is 2. The summed E-state index contributed by atoms with van der Waals surface area (Å²) in [5, 5.41) is 2.72. The van der Waals surface area contributed by atoms with Crippen LogP contribution in [0.15, 0.2) is 59.8 Å². The van der Waals surface area contributed by atoms with Crippen LogP contribution in [0.5, 0.6) is 0 Å². The fourth-order valence-corrected chi connectivity index (χ4v) is 3.83. The quantitative estimate of drug-likeness (QED) is 0.354. The molecule has 1 aliphatic rings. The maximum atomic E-state index is 13.2. The van der Waals surface area contributed by atoms with E-state index in [9.17, 15) is 22.8 Å². The first kappa shape index (κ1) is 22.7. The van der Waals surface area contributed by atoms with Gasteiger partial charge in [-0.3, -0.25) is 4.90 Å². The Morgan fingerprint density at radius 1 is 1.23 bits per heavy atom. The van der Waals surface area contributed by atoms with Crippen molar-refractivity contribution in [3.8, 4) is 0 Å². The lowest BCUT2D eigenvalue weighted by Gasteiger charge is -2.36. The Morgan fingerprint density at radius 2 is 1.90 bits per heavy atom. The maximum absolute atomic E-state index is 13.2. The van der Waals surface area contributed by atoms with E-state index < -0.39 is 29.8 Å². The minimum absolute atomic E-state index is 0.0241. The molecule has 1 heterocycles. The summed E-state index contributed by atoms with van der Waals surface area (Å²) in [6.45, 7) is 1.72. The molecule has 3 N–H and O–H groups in total. The smallest absolute Gasteiger partial charge is 0.416 e. The SMILES string of the molecule is CCOC(=O)C1=C(CBr)N(c2cccc(C(F)(F)F)c2)C(=O)N[C@@H]1c1ccc(N)cc1. The molecule has 0 aliphatic carbocycles. The molecule has 0 bridgehead atoms. The number of carbonyl (C=O) groups excluding carboxylic acids is 2. The lowest BCUT2D eigenvalue weighted by molar-refractivity contribution is -0.139. The molecule has 0 saturated heterocycles. The molecule has 0 fully saturated rings. The summed E-state index contributed by atoms with van der Waals surface area (Å²) in [7, 11) is 0. The first-order valence-electron chi connectivity index (χ1n) is 9.26. The highest BCUT2D eigenvalue weighted by Gasteiger charge is 2.39. The van der Waals surface area contributed by atoms with Crippen LogP contribution >= 0.6 is 15.9 Å². The summed E-state index contributed by atoms with van der Waals surface area (Å²) in [6, 6.07) is 9.36. The van der Waals surface area contributed by atoms with Gasteiger partial charge >= 0.3 is 18.2 Å². The number of amides is 2. The van der Waals surface area contributed by atoms with Gasteiger partial charge < -0.3 is 15.8 Å². The molecule has 6 nitrogen and oxygen atoms in total. The molecule has 0 aromatic heterocycles. The number of nitrogens with one attached hydrogen (secondary N) is 1. The second-order valence-corrected chi connectivity index (χ2v) is 7.21. The molecule has 0 unspecified atom stereocenters. The average molecular weight is 498 g/mol. The summed E-state index contributed by atoms with van der Waals surface area (Å²) in [4.78, 5) is 26.9. The van der Waals surface area contributed by atoms with Gasteiger partial charge in [0.15, 0.2) is 0 Å². The van der Waals surface area contributed by atoms with Crippen LogP contribution in [0.2, 0.25) is 0 Å². The Hall–Kier alpha value is -3.01. The van der Waals surface area contributed by atoms with Crippen LogP contribution < -0.4 is 16.0 Å². The van der Waals surface area contributed by atoms with Gasteiger partial charge in [0, 0.05) is 11.0 Å². The van der Waals surface area contributed by atoms with Gasteiger partial charge in [-0.2, -0.15) is 13.2 Å². The van der Waals surface area contributed by atoms with Crippen LogP contribution in [0.4, 0.5) is 29.3 Å². The summed E-state index contributed by atoms with van der Waals surface area (Å²) >= 11 is 3.28. The molecule has 1 atom stereocenters. The molecule has 10 heteroatoms. The van der Waals surface area contributed by atoms with Gasteiger partial charge in [0.1, 0.15) is 0 Å². The van der Waals surface area contributed by atoms with E-state index in [1.165, 1.54) is 12.1 Å². The molecule has 2 amide bonds. The van der Waals surface area contributed by atoms with Gasteiger partial charge in [0.25, 0.3) is 0 Å². The molecule has 1 aliphatic heterocycles. The van der Waals surface area contributed by atoms with Crippen molar-refractivity contribution in [1.82, 2.24) is 5.32 Å². The zero-order valence-corrected chi connectivity index (χ0v) is 18.0. The summed E-state index contributed by atoms with van der Waals surface area (Å²) in [5.41, 5.74) is 6.16. The van der Waals surface area contributed by atoms with Gasteiger partial charge in [-0.1, -0.05) is 34.1 Å². The lowest BCUT2D eigenvalue weighted by Crippen LogP contribution is -2.49. The summed E-state index contributed by atoms with van der Waals surface area (Å²) in [6.07, 6.45) is -4.59. The van der Waals surface area contributed by atoms with Crippen molar-refractivity contribution in [3.05, 3.63) is 70.9 Å². The van der Waals surface area contributed by atoms with E-state index in [0.717, 1.165) is 17.0 Å². The van der Waals surface area contributed by atoms with Crippen molar-refractivity contribution in [3.63, 3.8) is 0 Å². The Labute approximate surface area is 185 Å². The minimum Gasteiger partial charge on any atom is -0.463 e. The number of esters is 1. The number of rotatable bonds is 5. The predicted octanol–water partition coefficient (Wildman–Crippen LogP) is 4.77. The summed E-state index contributed by atoms with van der Waals surface area (Å²) in [5.74, 6) is -0.684. The van der Waals surface area contributed by atoms with Crippen molar-refractivity contribution < 1.29 is 27.5 Å². The van der Waals surface area contributed by atoms with Gasteiger partial charge in [0.05, 0.1) is 35.2 Å². The third kappa shape index (κ3) is 4.68. The van der Waals surface area contributed by atoms with Crippen molar-refractivity contribution in [2.45, 2.75) is 19.1 Å². The van der Waals surface area contributed by atoms with Crippen molar-refractivity contribution in [2.24, 2.45) is 0 Å². The van der Waals surface area contributed by atoms with E-state index in [-0.39, 0.29) is 28.9 Å². The number of halogens is 4. The van der Waals surface area contributed by atoms with E-state index in [1.807, 2.05) is 0 Å². The lowest BCUT2D eigenvalue weighted by atomic mass is 9.94. The number of allylic oxidation sites excluding steroid dienone is 1. The Bertz CT molecular complexity index is 1020. The Kier molecular flexibility index (Phi) is 6.59. The number of nitrogens with two attached hydrogens (primary N) is 1. The number of ether oxygens (including phenoxy) is 1. The second-order valence-electron chi connectivity index (χ2n) is 6.65. The largest absolute Gasteiger partial charge is 0.463 e. The van der Waals surface area contributed by atoms with Gasteiger partial charge in [-0.25, -0.2) is 9.59 Å². The van der Waals surface area contributed by atoms with Crippen LogP contribution in [-0.2, 0) is 15.7 Å². The topological polar surface area (TPSA) is 84.7 Å². The highest BCUT2D eigenvalue weighted by molar-refractivity contribution is 9.09. The molecule has 164 valence electrons. The highest BCUT2D eigenvalue weighted by atomic mass is 79.9. The van der Waals surface area contributed by atoms with E-state index in [1.54, 1.807) is 31.2 Å². The average Bonchev–Trinajstić information content (AvgIpc) is 2.73. The van der Waals surface area contributed by atoms with E-state index >= 15 is 0 Å². The van der Waals surface area contributed by atoms with Crippen LogP contribution in [0.1, 0.15) is 24.1 Å². The normalized spacial score (nSPS) is 16.9. The highest BCUT2D eigenvalue weighted by Crippen LogP contribution is 2.37. The predicted molar refractivity (Wildman–Crippen MR) is 114 cm³/mol. The van der Waals surface area contributed by atoms with Crippen LogP contribution in [0, 0.1) is 0 Å². The van der Waals surface area contributed by atoms with Crippen molar-refractivity contribution in [1.29, 1.82) is 0 Å². The molecule has 0 saturated carbocycles. The fraction of sp³-hybridized carbons (Fsp3) is 0.238. The molecule has 0 radical (unpaired) electrons. The number of hydrogen-bond donors (Lipinski definition) is 2. The van der Waals surface area contributed by atoms with Crippen LogP contribution in [-0.4, -0.2) is 23.9 Å². The first-order chi connectivity index (χ1) is 14.7. The third-order valence-electron chi connectivity index (χ3n) is 4.66. The number of benzene rings is 2. The van der Waals surface area contributed by atoms with E-state index in [4.69, 9.17) is 10.5 Å². The Balaban J connectivity index is 2.18. The number of urea groups is 1. The monoisotopic (exact) mass is 497 g/mol. The molecule has 31 heavy (non-hydrogen) atoms. The molecular weight excluding hydrogens is 479 g/mol. The van der Waals surface area contributed by atoms with Crippen LogP contribution in [0.25, 0.3) is 0 Å². The number of nitrogen functional groups attached to an aromatic ring is 1.